The maximum absolute atomic E-state index is 12.7. The Labute approximate surface area is 157 Å². The Balaban J connectivity index is 1.48. The topological polar surface area (TPSA) is 67.2 Å². The Kier molecular flexibility index (Phi) is 4.70. The van der Waals surface area contributed by atoms with Crippen LogP contribution in [0.4, 0.5) is 5.69 Å². The molecule has 2 aromatic carbocycles. The third-order valence-corrected chi connectivity index (χ3v) is 4.69. The largest absolute Gasteiger partial charge is 0.339 e. The molecule has 1 N–H and O–H groups in total. The first-order valence-corrected chi connectivity index (χ1v) is 9.01. The lowest BCUT2D eigenvalue weighted by atomic mass is 10.2. The molecule has 0 bridgehead atoms. The van der Waals surface area contributed by atoms with E-state index < -0.39 is 0 Å². The zero-order chi connectivity index (χ0) is 18.6. The van der Waals surface area contributed by atoms with Gasteiger partial charge in [0.2, 0.25) is 0 Å². The summed E-state index contributed by atoms with van der Waals surface area (Å²) in [6.45, 7) is 1.64. The minimum atomic E-state index is -0.255. The second-order valence-corrected chi connectivity index (χ2v) is 6.52. The zero-order valence-electron chi connectivity index (χ0n) is 14.8. The first-order valence-electron chi connectivity index (χ1n) is 9.01. The first-order chi connectivity index (χ1) is 13.2. The highest BCUT2D eigenvalue weighted by Crippen LogP contribution is 2.17. The summed E-state index contributed by atoms with van der Waals surface area (Å²) in [7, 11) is 0. The van der Waals surface area contributed by atoms with Crippen LogP contribution in [0.3, 0.4) is 0 Å². The van der Waals surface area contributed by atoms with E-state index in [2.05, 4.69) is 10.3 Å². The van der Waals surface area contributed by atoms with Crippen molar-refractivity contribution in [2.45, 2.75) is 12.8 Å². The van der Waals surface area contributed by atoms with Crippen LogP contribution in [-0.4, -0.2) is 39.4 Å². The maximum atomic E-state index is 12.7. The van der Waals surface area contributed by atoms with E-state index in [-0.39, 0.29) is 11.8 Å². The van der Waals surface area contributed by atoms with Gasteiger partial charge in [-0.25, -0.2) is 4.98 Å². The van der Waals surface area contributed by atoms with E-state index in [1.165, 1.54) is 6.20 Å². The first kappa shape index (κ1) is 17.0. The molecule has 0 aliphatic carbocycles. The molecule has 0 radical (unpaired) electrons. The van der Waals surface area contributed by atoms with Crippen molar-refractivity contribution >= 4 is 17.5 Å². The number of aromatic nitrogens is 2. The van der Waals surface area contributed by atoms with Crippen molar-refractivity contribution in [1.29, 1.82) is 0 Å². The lowest BCUT2D eigenvalue weighted by Crippen LogP contribution is -2.27. The minimum Gasteiger partial charge on any atom is -0.339 e. The standard InChI is InChI=1S/C21H20N4O2/c26-20(19-14-22-15-25(19)18-6-2-1-3-7-18)23-17-10-8-16(9-11-17)21(27)24-12-4-5-13-24/h1-3,6-11,14-15H,4-5,12-13H2,(H,23,26). The minimum absolute atomic E-state index is 0.0486. The van der Waals surface area contributed by atoms with Gasteiger partial charge in [-0.2, -0.15) is 0 Å². The normalized spacial score (nSPS) is 13.6. The van der Waals surface area contributed by atoms with Gasteiger partial charge < -0.3 is 10.2 Å². The lowest BCUT2D eigenvalue weighted by Gasteiger charge is -2.15. The molecule has 27 heavy (non-hydrogen) atoms. The molecule has 1 aliphatic rings. The Morgan fingerprint density at radius 1 is 0.926 bits per heavy atom. The molecule has 2 amide bonds. The average Bonchev–Trinajstić information content (AvgIpc) is 3.41. The number of hydrogen-bond donors (Lipinski definition) is 1. The summed E-state index contributed by atoms with van der Waals surface area (Å²) in [5.41, 5.74) is 2.59. The Bertz CT molecular complexity index is 942. The number of carbonyl (C=O) groups excluding carboxylic acids is 2. The summed E-state index contributed by atoms with van der Waals surface area (Å²) < 4.78 is 1.74. The summed E-state index contributed by atoms with van der Waals surface area (Å²) in [6.07, 6.45) is 5.28. The molecule has 1 saturated heterocycles. The summed E-state index contributed by atoms with van der Waals surface area (Å²) in [5, 5.41) is 2.87. The van der Waals surface area contributed by atoms with Gasteiger partial charge in [0.25, 0.3) is 11.8 Å². The Hall–Kier alpha value is -3.41. The monoisotopic (exact) mass is 360 g/mol. The van der Waals surface area contributed by atoms with Crippen LogP contribution in [0.15, 0.2) is 67.1 Å². The van der Waals surface area contributed by atoms with Gasteiger partial charge >= 0.3 is 0 Å². The van der Waals surface area contributed by atoms with Gasteiger partial charge in [0.05, 0.1) is 12.5 Å². The van der Waals surface area contributed by atoms with E-state index >= 15 is 0 Å². The van der Waals surface area contributed by atoms with Crippen LogP contribution >= 0.6 is 0 Å². The third kappa shape index (κ3) is 3.60. The molecule has 3 aromatic rings. The van der Waals surface area contributed by atoms with Crippen molar-refractivity contribution in [1.82, 2.24) is 14.5 Å². The predicted octanol–water partition coefficient (Wildman–Crippen LogP) is 3.36. The SMILES string of the molecule is O=C(Nc1ccc(C(=O)N2CCCC2)cc1)c1cncn1-c1ccccc1. The van der Waals surface area contributed by atoms with Crippen molar-refractivity contribution in [2.24, 2.45) is 0 Å². The lowest BCUT2D eigenvalue weighted by molar-refractivity contribution is 0.0792. The summed E-state index contributed by atoms with van der Waals surface area (Å²) in [5.74, 6) is -0.206. The fraction of sp³-hybridized carbons (Fsp3) is 0.190. The van der Waals surface area contributed by atoms with Crippen molar-refractivity contribution in [3.8, 4) is 5.69 Å². The molecular weight excluding hydrogens is 340 g/mol. The summed E-state index contributed by atoms with van der Waals surface area (Å²) in [6, 6.07) is 16.6. The quantitative estimate of drug-likeness (QED) is 0.776. The Morgan fingerprint density at radius 3 is 2.33 bits per heavy atom. The highest BCUT2D eigenvalue weighted by atomic mass is 16.2. The molecule has 0 spiro atoms. The smallest absolute Gasteiger partial charge is 0.274 e. The van der Waals surface area contributed by atoms with Crippen LogP contribution in [0.25, 0.3) is 5.69 Å². The second kappa shape index (κ2) is 7.45. The van der Waals surface area contributed by atoms with Gasteiger partial charge in [-0.15, -0.1) is 0 Å². The van der Waals surface area contributed by atoms with Gasteiger partial charge in [0.1, 0.15) is 5.69 Å². The number of benzene rings is 2. The number of hydrogen-bond acceptors (Lipinski definition) is 3. The van der Waals surface area contributed by atoms with Crippen LogP contribution < -0.4 is 5.32 Å². The van der Waals surface area contributed by atoms with Crippen molar-refractivity contribution < 1.29 is 9.59 Å². The van der Waals surface area contributed by atoms with Crippen LogP contribution in [-0.2, 0) is 0 Å². The van der Waals surface area contributed by atoms with Gasteiger partial charge in [0.15, 0.2) is 0 Å². The van der Waals surface area contributed by atoms with E-state index in [1.807, 2.05) is 35.2 Å². The van der Waals surface area contributed by atoms with Crippen LogP contribution in [0.2, 0.25) is 0 Å². The molecule has 136 valence electrons. The molecule has 4 rings (SSSR count). The zero-order valence-corrected chi connectivity index (χ0v) is 14.8. The summed E-state index contributed by atoms with van der Waals surface area (Å²) >= 11 is 0. The van der Waals surface area contributed by atoms with E-state index in [0.717, 1.165) is 31.6 Å². The number of amides is 2. The molecule has 1 aliphatic heterocycles. The number of carbonyl (C=O) groups is 2. The number of imidazole rings is 1. The number of likely N-dealkylation sites (tertiary alicyclic amines) is 1. The molecule has 6 nitrogen and oxygen atoms in total. The van der Waals surface area contributed by atoms with Gasteiger partial charge in [0, 0.05) is 30.0 Å². The second-order valence-electron chi connectivity index (χ2n) is 6.52. The molecule has 1 fully saturated rings. The molecule has 2 heterocycles. The highest BCUT2D eigenvalue weighted by Gasteiger charge is 2.19. The third-order valence-electron chi connectivity index (χ3n) is 4.69. The number of para-hydroxylation sites is 1. The molecule has 0 unspecified atom stereocenters. The van der Waals surface area contributed by atoms with Crippen molar-refractivity contribution in [2.75, 3.05) is 18.4 Å². The fourth-order valence-corrected chi connectivity index (χ4v) is 3.25. The fourth-order valence-electron chi connectivity index (χ4n) is 3.25. The van der Waals surface area contributed by atoms with Gasteiger partial charge in [-0.3, -0.25) is 14.2 Å². The van der Waals surface area contributed by atoms with Crippen LogP contribution in [0.5, 0.6) is 0 Å². The molecular formula is C21H20N4O2. The summed E-state index contributed by atoms with van der Waals surface area (Å²) in [4.78, 5) is 31.0. The average molecular weight is 360 g/mol. The van der Waals surface area contributed by atoms with E-state index in [9.17, 15) is 9.59 Å². The van der Waals surface area contributed by atoms with E-state index in [4.69, 9.17) is 0 Å². The molecule has 1 aromatic heterocycles. The number of rotatable bonds is 4. The number of anilines is 1. The van der Waals surface area contributed by atoms with Crippen molar-refractivity contribution in [3.63, 3.8) is 0 Å². The molecule has 0 atom stereocenters. The number of nitrogens with one attached hydrogen (secondary N) is 1. The van der Waals surface area contributed by atoms with Crippen molar-refractivity contribution in [3.05, 3.63) is 78.4 Å². The number of nitrogens with zero attached hydrogens (tertiary/aromatic N) is 3. The molecule has 0 saturated carbocycles. The maximum Gasteiger partial charge on any atom is 0.274 e. The molecule has 6 heteroatoms. The predicted molar refractivity (Wildman–Crippen MR) is 103 cm³/mol. The van der Waals surface area contributed by atoms with Crippen LogP contribution in [0, 0.1) is 0 Å². The van der Waals surface area contributed by atoms with E-state index in [1.54, 1.807) is 35.2 Å². The van der Waals surface area contributed by atoms with Gasteiger partial charge in [-0.1, -0.05) is 18.2 Å². The highest BCUT2D eigenvalue weighted by molar-refractivity contribution is 6.03. The van der Waals surface area contributed by atoms with E-state index in [0.29, 0.717) is 16.9 Å². The Morgan fingerprint density at radius 2 is 1.63 bits per heavy atom. The van der Waals surface area contributed by atoms with Crippen LogP contribution in [0.1, 0.15) is 33.7 Å². The van der Waals surface area contributed by atoms with Gasteiger partial charge in [-0.05, 0) is 49.2 Å².